The highest BCUT2D eigenvalue weighted by molar-refractivity contribution is 5.93. The molecule has 1 N–H and O–H groups in total. The maximum atomic E-state index is 11.8. The number of hydrogen-bond donors (Lipinski definition) is 1. The second kappa shape index (κ2) is 4.28. The monoisotopic (exact) mass is 226 g/mol. The van der Waals surface area contributed by atoms with E-state index in [2.05, 4.69) is 0 Å². The molecule has 0 unspecified atom stereocenters. The van der Waals surface area contributed by atoms with Gasteiger partial charge in [-0.25, -0.2) is 0 Å². The van der Waals surface area contributed by atoms with Gasteiger partial charge in [-0.3, -0.25) is 9.59 Å². The molecule has 1 aliphatic rings. The molecule has 4 nitrogen and oxygen atoms in total. The van der Waals surface area contributed by atoms with Crippen LogP contribution >= 0.6 is 0 Å². The Morgan fingerprint density at radius 2 is 2.06 bits per heavy atom. The molecule has 1 rings (SSSR count). The molecule has 16 heavy (non-hydrogen) atoms. The molecule has 0 radical (unpaired) electrons. The van der Waals surface area contributed by atoms with Crippen LogP contribution in [0.5, 0.6) is 0 Å². The van der Waals surface area contributed by atoms with Crippen LogP contribution in [-0.4, -0.2) is 22.5 Å². The SMILES string of the molecule is C[C@H]1CC(=O)C=C(O)[C@@H]1C(=O)OC(C)(C)C. The minimum Gasteiger partial charge on any atom is -0.511 e. The van der Waals surface area contributed by atoms with E-state index < -0.39 is 17.5 Å². The summed E-state index contributed by atoms with van der Waals surface area (Å²) in [5.74, 6) is -1.73. The molecule has 0 heterocycles. The van der Waals surface area contributed by atoms with E-state index in [4.69, 9.17) is 4.74 Å². The van der Waals surface area contributed by atoms with Crippen molar-refractivity contribution in [3.8, 4) is 0 Å². The van der Waals surface area contributed by atoms with Crippen LogP contribution in [0.4, 0.5) is 0 Å². The third-order valence-corrected chi connectivity index (χ3v) is 2.38. The number of rotatable bonds is 1. The Hall–Kier alpha value is -1.32. The van der Waals surface area contributed by atoms with Crippen molar-refractivity contribution in [2.24, 2.45) is 11.8 Å². The minimum atomic E-state index is -0.711. The molecule has 90 valence electrons. The highest BCUT2D eigenvalue weighted by atomic mass is 16.6. The standard InChI is InChI=1S/C12H18O4/c1-7-5-8(13)6-9(14)10(7)11(15)16-12(2,3)4/h6-7,10,14H,5H2,1-4H3/t7-,10+/m0/s1. The lowest BCUT2D eigenvalue weighted by Gasteiger charge is -2.28. The summed E-state index contributed by atoms with van der Waals surface area (Å²) >= 11 is 0. The van der Waals surface area contributed by atoms with Crippen LogP contribution < -0.4 is 0 Å². The Morgan fingerprint density at radius 1 is 1.50 bits per heavy atom. The Kier molecular flexibility index (Phi) is 3.41. The fourth-order valence-electron chi connectivity index (χ4n) is 1.76. The molecule has 0 fully saturated rings. The van der Waals surface area contributed by atoms with Gasteiger partial charge < -0.3 is 9.84 Å². The number of aliphatic hydroxyl groups excluding tert-OH is 1. The molecule has 0 aromatic heterocycles. The highest BCUT2D eigenvalue weighted by Crippen LogP contribution is 2.29. The van der Waals surface area contributed by atoms with E-state index in [9.17, 15) is 14.7 Å². The van der Waals surface area contributed by atoms with E-state index in [1.165, 1.54) is 0 Å². The summed E-state index contributed by atoms with van der Waals surface area (Å²) in [6, 6.07) is 0. The maximum Gasteiger partial charge on any atom is 0.317 e. The number of allylic oxidation sites excluding steroid dienone is 1. The van der Waals surface area contributed by atoms with Crippen LogP contribution in [-0.2, 0) is 14.3 Å². The highest BCUT2D eigenvalue weighted by Gasteiger charge is 2.36. The predicted molar refractivity (Wildman–Crippen MR) is 58.8 cm³/mol. The van der Waals surface area contributed by atoms with E-state index >= 15 is 0 Å². The first kappa shape index (κ1) is 12.7. The van der Waals surface area contributed by atoms with Gasteiger partial charge in [0, 0.05) is 12.5 Å². The van der Waals surface area contributed by atoms with Crippen molar-refractivity contribution < 1.29 is 19.4 Å². The fourth-order valence-corrected chi connectivity index (χ4v) is 1.76. The Bertz CT molecular complexity index is 335. The van der Waals surface area contributed by atoms with Gasteiger partial charge in [-0.05, 0) is 26.7 Å². The lowest BCUT2D eigenvalue weighted by Crippen LogP contribution is -2.35. The first-order valence-electron chi connectivity index (χ1n) is 5.37. The van der Waals surface area contributed by atoms with Crippen LogP contribution in [0.15, 0.2) is 11.8 Å². The lowest BCUT2D eigenvalue weighted by molar-refractivity contribution is -0.161. The number of carbonyl (C=O) groups is 2. The van der Waals surface area contributed by atoms with Crippen molar-refractivity contribution in [3.05, 3.63) is 11.8 Å². The van der Waals surface area contributed by atoms with Crippen LogP contribution in [0, 0.1) is 11.8 Å². The van der Waals surface area contributed by atoms with E-state index in [1.807, 2.05) is 0 Å². The molecule has 0 aliphatic heterocycles. The maximum absolute atomic E-state index is 11.8. The van der Waals surface area contributed by atoms with E-state index in [-0.39, 0.29) is 23.9 Å². The summed E-state index contributed by atoms with van der Waals surface area (Å²) in [6.07, 6.45) is 1.39. The number of hydrogen-bond acceptors (Lipinski definition) is 4. The van der Waals surface area contributed by atoms with Crippen LogP contribution in [0.25, 0.3) is 0 Å². The second-order valence-electron chi connectivity index (χ2n) is 5.23. The van der Waals surface area contributed by atoms with Gasteiger partial charge in [0.25, 0.3) is 0 Å². The van der Waals surface area contributed by atoms with Gasteiger partial charge >= 0.3 is 5.97 Å². The summed E-state index contributed by atoms with van der Waals surface area (Å²) in [6.45, 7) is 7.06. The summed E-state index contributed by atoms with van der Waals surface area (Å²) in [5, 5.41) is 9.62. The Labute approximate surface area is 95.3 Å². The normalized spacial score (nSPS) is 26.2. The van der Waals surface area contributed by atoms with Gasteiger partial charge in [-0.2, -0.15) is 0 Å². The van der Waals surface area contributed by atoms with Gasteiger partial charge in [-0.15, -0.1) is 0 Å². The van der Waals surface area contributed by atoms with Crippen LogP contribution in [0.2, 0.25) is 0 Å². The zero-order chi connectivity index (χ0) is 12.5. The summed E-state index contributed by atoms with van der Waals surface area (Å²) in [7, 11) is 0. The van der Waals surface area contributed by atoms with E-state index in [0.29, 0.717) is 0 Å². The van der Waals surface area contributed by atoms with Crippen molar-refractivity contribution in [2.45, 2.75) is 39.7 Å². The number of carbonyl (C=O) groups excluding carboxylic acids is 2. The first-order chi connectivity index (χ1) is 7.20. The fraction of sp³-hybridized carbons (Fsp3) is 0.667. The van der Waals surface area contributed by atoms with Crippen molar-refractivity contribution in [2.75, 3.05) is 0 Å². The first-order valence-corrected chi connectivity index (χ1v) is 5.37. The minimum absolute atomic E-state index is 0.148. The largest absolute Gasteiger partial charge is 0.511 e. The van der Waals surface area contributed by atoms with Gasteiger partial charge in [0.15, 0.2) is 5.78 Å². The van der Waals surface area contributed by atoms with Crippen LogP contribution in [0.1, 0.15) is 34.1 Å². The number of esters is 1. The summed E-state index contributed by atoms with van der Waals surface area (Å²) in [4.78, 5) is 23.0. The van der Waals surface area contributed by atoms with Crippen LogP contribution in [0.3, 0.4) is 0 Å². The van der Waals surface area contributed by atoms with Gasteiger partial charge in [0.05, 0.1) is 0 Å². The summed E-state index contributed by atoms with van der Waals surface area (Å²) in [5.41, 5.74) is -0.585. The molecule has 0 spiro atoms. The molecule has 0 saturated heterocycles. The van der Waals surface area contributed by atoms with Gasteiger partial charge in [0.2, 0.25) is 0 Å². The second-order valence-corrected chi connectivity index (χ2v) is 5.23. The van der Waals surface area contributed by atoms with Crippen molar-refractivity contribution >= 4 is 11.8 Å². The van der Waals surface area contributed by atoms with E-state index in [0.717, 1.165) is 6.08 Å². The number of ketones is 1. The predicted octanol–water partition coefficient (Wildman–Crippen LogP) is 2.00. The molecule has 0 saturated carbocycles. The van der Waals surface area contributed by atoms with Crippen molar-refractivity contribution in [3.63, 3.8) is 0 Å². The third-order valence-electron chi connectivity index (χ3n) is 2.38. The molecule has 0 amide bonds. The number of ether oxygens (including phenoxy) is 1. The number of aliphatic hydroxyl groups is 1. The molecule has 2 atom stereocenters. The summed E-state index contributed by atoms with van der Waals surface area (Å²) < 4.78 is 5.20. The molecule has 4 heteroatoms. The van der Waals surface area contributed by atoms with Crippen molar-refractivity contribution in [1.82, 2.24) is 0 Å². The molecule has 1 aliphatic carbocycles. The Balaban J connectivity index is 2.83. The average molecular weight is 226 g/mol. The smallest absolute Gasteiger partial charge is 0.317 e. The molecule has 0 bridgehead atoms. The molecule has 0 aromatic rings. The molecular formula is C12H18O4. The zero-order valence-corrected chi connectivity index (χ0v) is 10.1. The van der Waals surface area contributed by atoms with Gasteiger partial charge in [0.1, 0.15) is 17.3 Å². The topological polar surface area (TPSA) is 63.6 Å². The Morgan fingerprint density at radius 3 is 2.50 bits per heavy atom. The quantitative estimate of drug-likeness (QED) is 0.694. The molecular weight excluding hydrogens is 208 g/mol. The van der Waals surface area contributed by atoms with Crippen molar-refractivity contribution in [1.29, 1.82) is 0 Å². The van der Waals surface area contributed by atoms with Gasteiger partial charge in [-0.1, -0.05) is 6.92 Å². The third kappa shape index (κ3) is 3.08. The molecule has 0 aromatic carbocycles. The lowest BCUT2D eigenvalue weighted by atomic mass is 9.83. The zero-order valence-electron chi connectivity index (χ0n) is 10.1. The average Bonchev–Trinajstić information content (AvgIpc) is 1.96. The van der Waals surface area contributed by atoms with E-state index in [1.54, 1.807) is 27.7 Å².